The fourth-order valence-electron chi connectivity index (χ4n) is 5.23. The third-order valence-electron chi connectivity index (χ3n) is 7.07. The van der Waals surface area contributed by atoms with Gasteiger partial charge in [0.1, 0.15) is 6.04 Å². The van der Waals surface area contributed by atoms with Crippen molar-refractivity contribution in [1.82, 2.24) is 15.1 Å². The number of carbonyl (C=O) groups excluding carboxylic acids is 3. The Hall–Kier alpha value is -2.67. The van der Waals surface area contributed by atoms with Crippen LogP contribution < -0.4 is 10.2 Å². The number of nitrogens with zero attached hydrogens (tertiary/aromatic N) is 3. The van der Waals surface area contributed by atoms with Gasteiger partial charge in [-0.25, -0.2) is 0 Å². The number of hydrogen-bond donors (Lipinski definition) is 1. The Kier molecular flexibility index (Phi) is 7.48. The van der Waals surface area contributed by atoms with Crippen molar-refractivity contribution in [3.05, 3.63) is 42.5 Å². The first-order valence-electron chi connectivity index (χ1n) is 12.3. The summed E-state index contributed by atoms with van der Waals surface area (Å²) in [7, 11) is 0. The molecular formula is C26H36N4O3. The summed E-state index contributed by atoms with van der Waals surface area (Å²) < 4.78 is 0. The summed E-state index contributed by atoms with van der Waals surface area (Å²) in [6.07, 6.45) is 5.63. The zero-order valence-corrected chi connectivity index (χ0v) is 19.8. The van der Waals surface area contributed by atoms with Crippen LogP contribution >= 0.6 is 0 Å². The number of hydrogen-bond acceptors (Lipinski definition) is 5. The number of piperazine rings is 1. The molecule has 0 spiro atoms. The van der Waals surface area contributed by atoms with Crippen molar-refractivity contribution in [2.75, 3.05) is 44.2 Å². The minimum Gasteiger partial charge on any atom is -0.369 e. The van der Waals surface area contributed by atoms with Gasteiger partial charge in [-0.3, -0.25) is 24.2 Å². The third kappa shape index (κ3) is 5.29. The largest absolute Gasteiger partial charge is 0.369 e. The topological polar surface area (TPSA) is 73.0 Å². The van der Waals surface area contributed by atoms with E-state index in [1.807, 2.05) is 32.1 Å². The maximum absolute atomic E-state index is 13.1. The zero-order valence-electron chi connectivity index (χ0n) is 19.8. The molecule has 3 atom stereocenters. The lowest BCUT2D eigenvalue weighted by Crippen LogP contribution is -2.52. The molecule has 178 valence electrons. The van der Waals surface area contributed by atoms with E-state index in [0.717, 1.165) is 32.7 Å². The van der Waals surface area contributed by atoms with E-state index in [1.54, 1.807) is 0 Å². The van der Waals surface area contributed by atoms with Crippen LogP contribution in [0.1, 0.15) is 33.1 Å². The summed E-state index contributed by atoms with van der Waals surface area (Å²) in [4.78, 5) is 45.2. The van der Waals surface area contributed by atoms with Crippen LogP contribution in [0.25, 0.3) is 0 Å². The molecule has 2 fully saturated rings. The van der Waals surface area contributed by atoms with Crippen molar-refractivity contribution in [3.8, 4) is 0 Å². The SMILES string of the molecule is CC(C)CC(C(=O)NCCN1CCN(c2ccccc2)CC1)N1C(=O)C2CC=CCC2C1=O. The van der Waals surface area contributed by atoms with Gasteiger partial charge in [0.05, 0.1) is 11.8 Å². The quantitative estimate of drug-likeness (QED) is 0.484. The first-order chi connectivity index (χ1) is 16.0. The molecule has 2 aliphatic heterocycles. The van der Waals surface area contributed by atoms with Crippen LogP contribution in [-0.4, -0.2) is 72.8 Å². The minimum absolute atomic E-state index is 0.174. The standard InChI is InChI=1S/C26H36N4O3/c1-19(2)18-23(30-25(32)21-10-6-7-11-22(21)26(30)33)24(31)27-12-13-28-14-16-29(17-15-28)20-8-4-3-5-9-20/h3-9,19,21-23H,10-18H2,1-2H3,(H,27,31). The molecule has 33 heavy (non-hydrogen) atoms. The number of carbonyl (C=O) groups is 3. The molecule has 4 rings (SSSR count). The number of allylic oxidation sites excluding steroid dienone is 2. The van der Waals surface area contributed by atoms with Gasteiger partial charge in [-0.1, -0.05) is 44.2 Å². The summed E-state index contributed by atoms with van der Waals surface area (Å²) in [5.41, 5.74) is 1.25. The average molecular weight is 453 g/mol. The Labute approximate surface area is 196 Å². The molecule has 1 N–H and O–H groups in total. The number of fused-ring (bicyclic) bond motifs is 1. The molecular weight excluding hydrogens is 416 g/mol. The predicted octanol–water partition coefficient (Wildman–Crippen LogP) is 2.29. The van der Waals surface area contributed by atoms with Crippen LogP contribution in [0, 0.1) is 17.8 Å². The van der Waals surface area contributed by atoms with Crippen molar-refractivity contribution >= 4 is 23.4 Å². The number of anilines is 1. The average Bonchev–Trinajstić information content (AvgIpc) is 3.08. The summed E-state index contributed by atoms with van der Waals surface area (Å²) in [5, 5.41) is 3.02. The van der Waals surface area contributed by atoms with E-state index in [9.17, 15) is 14.4 Å². The molecule has 0 aromatic heterocycles. The number of likely N-dealkylation sites (tertiary alicyclic amines) is 1. The molecule has 1 aromatic rings. The summed E-state index contributed by atoms with van der Waals surface area (Å²) in [5.74, 6) is -0.954. The normalized spacial score (nSPS) is 24.3. The predicted molar refractivity (Wildman–Crippen MR) is 129 cm³/mol. The molecule has 2 heterocycles. The Balaban J connectivity index is 1.29. The van der Waals surface area contributed by atoms with Gasteiger partial charge in [0, 0.05) is 45.0 Å². The number of imide groups is 1. The number of para-hydroxylation sites is 1. The van der Waals surface area contributed by atoms with Gasteiger partial charge in [0.2, 0.25) is 17.7 Å². The molecule has 0 saturated carbocycles. The third-order valence-corrected chi connectivity index (χ3v) is 7.07. The van der Waals surface area contributed by atoms with Crippen LogP contribution in [0.2, 0.25) is 0 Å². The Morgan fingerprint density at radius 3 is 2.15 bits per heavy atom. The maximum atomic E-state index is 13.1. The summed E-state index contributed by atoms with van der Waals surface area (Å²) in [6.45, 7) is 9.13. The van der Waals surface area contributed by atoms with Crippen molar-refractivity contribution < 1.29 is 14.4 Å². The molecule has 1 aliphatic carbocycles. The van der Waals surface area contributed by atoms with E-state index in [2.05, 4.69) is 39.4 Å². The lowest BCUT2D eigenvalue weighted by molar-refractivity contribution is -0.148. The molecule has 3 aliphatic rings. The summed E-state index contributed by atoms with van der Waals surface area (Å²) in [6, 6.07) is 9.71. The Morgan fingerprint density at radius 1 is 0.970 bits per heavy atom. The highest BCUT2D eigenvalue weighted by Gasteiger charge is 2.51. The van der Waals surface area contributed by atoms with Gasteiger partial charge in [0.25, 0.3) is 0 Å². The number of rotatable bonds is 8. The highest BCUT2D eigenvalue weighted by molar-refractivity contribution is 6.08. The highest BCUT2D eigenvalue weighted by Crippen LogP contribution is 2.37. The van der Waals surface area contributed by atoms with Crippen molar-refractivity contribution in [2.24, 2.45) is 17.8 Å². The second kappa shape index (κ2) is 10.5. The van der Waals surface area contributed by atoms with E-state index < -0.39 is 6.04 Å². The first-order valence-corrected chi connectivity index (χ1v) is 12.3. The molecule has 7 heteroatoms. The van der Waals surface area contributed by atoms with Crippen LogP contribution in [0.3, 0.4) is 0 Å². The van der Waals surface area contributed by atoms with Crippen LogP contribution in [0.15, 0.2) is 42.5 Å². The fraction of sp³-hybridized carbons (Fsp3) is 0.577. The first kappa shape index (κ1) is 23.5. The number of amides is 3. The van der Waals surface area contributed by atoms with Crippen LogP contribution in [0.4, 0.5) is 5.69 Å². The number of benzene rings is 1. The smallest absolute Gasteiger partial charge is 0.243 e. The lowest BCUT2D eigenvalue weighted by Gasteiger charge is -2.36. The van der Waals surface area contributed by atoms with E-state index in [-0.39, 0.29) is 35.5 Å². The van der Waals surface area contributed by atoms with Gasteiger partial charge >= 0.3 is 0 Å². The van der Waals surface area contributed by atoms with Crippen molar-refractivity contribution in [1.29, 1.82) is 0 Å². The van der Waals surface area contributed by atoms with Gasteiger partial charge in [-0.05, 0) is 37.3 Å². The Bertz CT molecular complexity index is 851. The molecule has 3 amide bonds. The monoisotopic (exact) mass is 452 g/mol. The van der Waals surface area contributed by atoms with E-state index in [4.69, 9.17) is 0 Å². The lowest BCUT2D eigenvalue weighted by atomic mass is 9.85. The minimum atomic E-state index is -0.717. The second-order valence-electron chi connectivity index (χ2n) is 9.80. The number of nitrogens with one attached hydrogen (secondary N) is 1. The molecule has 0 bridgehead atoms. The van der Waals surface area contributed by atoms with E-state index in [1.165, 1.54) is 10.6 Å². The van der Waals surface area contributed by atoms with Crippen molar-refractivity contribution in [2.45, 2.75) is 39.2 Å². The van der Waals surface area contributed by atoms with Crippen LogP contribution in [0.5, 0.6) is 0 Å². The molecule has 0 radical (unpaired) electrons. The molecule has 1 aromatic carbocycles. The van der Waals surface area contributed by atoms with E-state index in [0.29, 0.717) is 25.8 Å². The van der Waals surface area contributed by atoms with Gasteiger partial charge in [-0.2, -0.15) is 0 Å². The van der Waals surface area contributed by atoms with Crippen LogP contribution in [-0.2, 0) is 14.4 Å². The summed E-state index contributed by atoms with van der Waals surface area (Å²) >= 11 is 0. The Morgan fingerprint density at radius 2 is 1.58 bits per heavy atom. The van der Waals surface area contributed by atoms with Gasteiger partial charge in [0.15, 0.2) is 0 Å². The van der Waals surface area contributed by atoms with Gasteiger partial charge in [-0.15, -0.1) is 0 Å². The van der Waals surface area contributed by atoms with Crippen molar-refractivity contribution in [3.63, 3.8) is 0 Å². The fourth-order valence-corrected chi connectivity index (χ4v) is 5.23. The highest BCUT2D eigenvalue weighted by atomic mass is 16.2. The molecule has 7 nitrogen and oxygen atoms in total. The zero-order chi connectivity index (χ0) is 23.4. The van der Waals surface area contributed by atoms with Gasteiger partial charge < -0.3 is 10.2 Å². The molecule has 3 unspecified atom stereocenters. The van der Waals surface area contributed by atoms with E-state index >= 15 is 0 Å². The molecule has 2 saturated heterocycles. The maximum Gasteiger partial charge on any atom is 0.243 e. The second-order valence-corrected chi connectivity index (χ2v) is 9.80.